The predicted octanol–water partition coefficient (Wildman–Crippen LogP) is 6.57. The summed E-state index contributed by atoms with van der Waals surface area (Å²) in [7, 11) is 0. The van der Waals surface area contributed by atoms with Crippen molar-refractivity contribution >= 4 is 17.5 Å². The van der Waals surface area contributed by atoms with Gasteiger partial charge in [-0.1, -0.05) is 78.7 Å². The van der Waals surface area contributed by atoms with E-state index in [0.29, 0.717) is 23.9 Å². The summed E-state index contributed by atoms with van der Waals surface area (Å²) in [5, 5.41) is 8.23. The Morgan fingerprint density at radius 3 is 2.62 bits per heavy atom. The number of amides is 1. The Hall–Kier alpha value is -3.57. The maximum Gasteiger partial charge on any atom is 0.273 e. The molecule has 34 heavy (non-hydrogen) atoms. The number of carbonyl (C=O) groups is 1. The molecule has 2 heterocycles. The standard InChI is InChI=1S/C28H26ClN3O2/c1-3-15-34-22-9-6-8-20(16-22)27-24-25(19-13-11-18(2)12-14-19)30-31-26(24)28(33)32(27)17-21-7-4-5-10-23(21)29/h4-14,16,27H,3,15,17H2,1-2H3,(H,30,31). The predicted molar refractivity (Wildman–Crippen MR) is 134 cm³/mol. The van der Waals surface area contributed by atoms with Crippen LogP contribution < -0.4 is 4.74 Å². The lowest BCUT2D eigenvalue weighted by Crippen LogP contribution is -2.29. The third-order valence-electron chi connectivity index (χ3n) is 6.13. The molecule has 0 saturated carbocycles. The Bertz CT molecular complexity index is 1330. The molecule has 1 aromatic heterocycles. The van der Waals surface area contributed by atoms with Crippen LogP contribution in [0.2, 0.25) is 5.02 Å². The van der Waals surface area contributed by atoms with Gasteiger partial charge in [-0.25, -0.2) is 0 Å². The quantitative estimate of drug-likeness (QED) is 0.331. The normalized spacial score (nSPS) is 15.0. The van der Waals surface area contributed by atoms with Gasteiger partial charge < -0.3 is 9.64 Å². The van der Waals surface area contributed by atoms with Gasteiger partial charge in [0, 0.05) is 22.7 Å². The van der Waals surface area contributed by atoms with Crippen molar-refractivity contribution in [3.63, 3.8) is 0 Å². The molecular formula is C28H26ClN3O2. The lowest BCUT2D eigenvalue weighted by atomic mass is 9.95. The van der Waals surface area contributed by atoms with Crippen molar-refractivity contribution in [1.29, 1.82) is 0 Å². The molecule has 6 heteroatoms. The van der Waals surface area contributed by atoms with Crippen LogP contribution in [-0.4, -0.2) is 27.6 Å². The number of halogens is 1. The van der Waals surface area contributed by atoms with Crippen molar-refractivity contribution < 1.29 is 9.53 Å². The number of ether oxygens (including phenoxy) is 1. The van der Waals surface area contributed by atoms with Gasteiger partial charge >= 0.3 is 0 Å². The highest BCUT2D eigenvalue weighted by Gasteiger charge is 2.42. The van der Waals surface area contributed by atoms with Crippen LogP contribution in [-0.2, 0) is 6.54 Å². The third kappa shape index (κ3) is 4.08. The summed E-state index contributed by atoms with van der Waals surface area (Å²) in [5.74, 6) is 0.698. The molecule has 1 aliphatic rings. The Morgan fingerprint density at radius 1 is 1.06 bits per heavy atom. The minimum absolute atomic E-state index is 0.0920. The first kappa shape index (κ1) is 22.2. The zero-order chi connectivity index (χ0) is 23.7. The maximum absolute atomic E-state index is 13.6. The molecule has 0 fully saturated rings. The van der Waals surface area contributed by atoms with E-state index in [1.54, 1.807) is 0 Å². The number of aryl methyl sites for hydroxylation is 1. The zero-order valence-corrected chi connectivity index (χ0v) is 20.0. The van der Waals surface area contributed by atoms with Crippen molar-refractivity contribution in [2.24, 2.45) is 0 Å². The Balaban J connectivity index is 1.63. The second-order valence-corrected chi connectivity index (χ2v) is 8.98. The molecule has 1 N–H and O–H groups in total. The molecule has 0 saturated heterocycles. The molecule has 0 radical (unpaired) electrons. The highest BCUT2D eigenvalue weighted by molar-refractivity contribution is 6.31. The number of aromatic amines is 1. The summed E-state index contributed by atoms with van der Waals surface area (Å²) in [6.45, 7) is 5.16. The number of aromatic nitrogens is 2. The number of nitrogens with one attached hydrogen (secondary N) is 1. The van der Waals surface area contributed by atoms with Crippen LogP contribution in [0, 0.1) is 6.92 Å². The number of hydrogen-bond donors (Lipinski definition) is 1. The molecule has 1 aliphatic heterocycles. The second kappa shape index (κ2) is 9.35. The number of fused-ring (bicyclic) bond motifs is 1. The summed E-state index contributed by atoms with van der Waals surface area (Å²) >= 11 is 6.48. The molecule has 0 aliphatic carbocycles. The second-order valence-electron chi connectivity index (χ2n) is 8.57. The number of benzene rings is 3. The minimum Gasteiger partial charge on any atom is -0.494 e. The highest BCUT2D eigenvalue weighted by atomic mass is 35.5. The van der Waals surface area contributed by atoms with Crippen molar-refractivity contribution in [2.45, 2.75) is 32.9 Å². The largest absolute Gasteiger partial charge is 0.494 e. The maximum atomic E-state index is 13.6. The monoisotopic (exact) mass is 471 g/mol. The summed E-state index contributed by atoms with van der Waals surface area (Å²) in [5.41, 5.74) is 6.21. The average Bonchev–Trinajstić information content (AvgIpc) is 3.39. The summed E-state index contributed by atoms with van der Waals surface area (Å²) in [4.78, 5) is 15.5. The molecule has 5 nitrogen and oxygen atoms in total. The molecule has 0 bridgehead atoms. The van der Waals surface area contributed by atoms with Gasteiger partial charge in [0.2, 0.25) is 0 Å². The average molecular weight is 472 g/mol. The van der Waals surface area contributed by atoms with Crippen LogP contribution in [0.3, 0.4) is 0 Å². The molecule has 0 spiro atoms. The van der Waals surface area contributed by atoms with Crippen molar-refractivity contribution in [3.05, 3.63) is 106 Å². The van der Waals surface area contributed by atoms with Crippen LogP contribution in [0.5, 0.6) is 5.75 Å². The van der Waals surface area contributed by atoms with Gasteiger partial charge in [0.25, 0.3) is 5.91 Å². The molecule has 3 aromatic carbocycles. The van der Waals surface area contributed by atoms with Crippen molar-refractivity contribution in [1.82, 2.24) is 15.1 Å². The van der Waals surface area contributed by atoms with Crippen molar-refractivity contribution in [3.8, 4) is 17.0 Å². The number of carbonyl (C=O) groups excluding carboxylic acids is 1. The van der Waals surface area contributed by atoms with E-state index in [-0.39, 0.29) is 11.9 Å². The lowest BCUT2D eigenvalue weighted by molar-refractivity contribution is 0.0730. The SMILES string of the molecule is CCCOc1cccc(C2c3c(-c4ccc(C)cc4)n[nH]c3C(=O)N2Cc2ccccc2Cl)c1. The number of hydrogen-bond acceptors (Lipinski definition) is 3. The Labute approximate surface area is 204 Å². The summed E-state index contributed by atoms with van der Waals surface area (Å²) in [6, 6.07) is 23.5. The molecule has 172 valence electrons. The Kier molecular flexibility index (Phi) is 6.12. The van der Waals surface area contributed by atoms with Crippen LogP contribution >= 0.6 is 11.6 Å². The van der Waals surface area contributed by atoms with Gasteiger partial charge in [-0.2, -0.15) is 5.10 Å². The van der Waals surface area contributed by atoms with E-state index in [0.717, 1.165) is 40.1 Å². The van der Waals surface area contributed by atoms with Crippen LogP contribution in [0.1, 0.15) is 52.1 Å². The van der Waals surface area contributed by atoms with E-state index in [1.165, 1.54) is 5.56 Å². The lowest BCUT2D eigenvalue weighted by Gasteiger charge is -2.27. The first-order chi connectivity index (χ1) is 16.6. The molecule has 5 rings (SSSR count). The number of rotatable bonds is 7. The van der Waals surface area contributed by atoms with E-state index >= 15 is 0 Å². The fourth-order valence-electron chi connectivity index (χ4n) is 4.44. The Morgan fingerprint density at radius 2 is 1.85 bits per heavy atom. The van der Waals surface area contributed by atoms with Crippen LogP contribution in [0.4, 0.5) is 0 Å². The van der Waals surface area contributed by atoms with E-state index in [1.807, 2.05) is 65.6 Å². The molecular weight excluding hydrogens is 446 g/mol. The van der Waals surface area contributed by atoms with Gasteiger partial charge in [-0.05, 0) is 42.7 Å². The molecule has 4 aromatic rings. The van der Waals surface area contributed by atoms with Gasteiger partial charge in [-0.3, -0.25) is 9.89 Å². The molecule has 1 unspecified atom stereocenters. The van der Waals surface area contributed by atoms with E-state index in [2.05, 4.69) is 36.2 Å². The topological polar surface area (TPSA) is 58.2 Å². The number of nitrogens with zero attached hydrogens (tertiary/aromatic N) is 2. The fourth-order valence-corrected chi connectivity index (χ4v) is 4.64. The van der Waals surface area contributed by atoms with Gasteiger partial charge in [0.1, 0.15) is 11.4 Å². The van der Waals surface area contributed by atoms with Crippen molar-refractivity contribution in [2.75, 3.05) is 6.61 Å². The van der Waals surface area contributed by atoms with Crippen LogP contribution in [0.25, 0.3) is 11.3 Å². The van der Waals surface area contributed by atoms with Gasteiger partial charge in [0.05, 0.1) is 18.3 Å². The van der Waals surface area contributed by atoms with E-state index in [9.17, 15) is 4.79 Å². The van der Waals surface area contributed by atoms with Gasteiger partial charge in [0.15, 0.2) is 0 Å². The zero-order valence-electron chi connectivity index (χ0n) is 19.2. The third-order valence-corrected chi connectivity index (χ3v) is 6.50. The fraction of sp³-hybridized carbons (Fsp3) is 0.214. The first-order valence-electron chi connectivity index (χ1n) is 11.5. The van der Waals surface area contributed by atoms with E-state index in [4.69, 9.17) is 16.3 Å². The smallest absolute Gasteiger partial charge is 0.273 e. The highest BCUT2D eigenvalue weighted by Crippen LogP contribution is 2.44. The van der Waals surface area contributed by atoms with E-state index < -0.39 is 0 Å². The van der Waals surface area contributed by atoms with Gasteiger partial charge in [-0.15, -0.1) is 0 Å². The van der Waals surface area contributed by atoms with Crippen LogP contribution in [0.15, 0.2) is 72.8 Å². The first-order valence-corrected chi connectivity index (χ1v) is 11.9. The molecule has 1 amide bonds. The minimum atomic E-state index is -0.320. The summed E-state index contributed by atoms with van der Waals surface area (Å²) < 4.78 is 5.90. The number of H-pyrrole nitrogens is 1. The summed E-state index contributed by atoms with van der Waals surface area (Å²) in [6.07, 6.45) is 0.925. The molecule has 1 atom stereocenters.